The first-order chi connectivity index (χ1) is 12.0. The number of fused-ring (bicyclic) bond motifs is 1. The summed E-state index contributed by atoms with van der Waals surface area (Å²) in [7, 11) is 1.85. The number of hydrogen-bond donors (Lipinski definition) is 0. The third-order valence-corrected chi connectivity index (χ3v) is 4.63. The summed E-state index contributed by atoms with van der Waals surface area (Å²) in [5.41, 5.74) is 4.80. The van der Waals surface area contributed by atoms with Crippen LogP contribution in [0.25, 0.3) is 11.1 Å². The quantitative estimate of drug-likeness (QED) is 0.732. The van der Waals surface area contributed by atoms with Crippen molar-refractivity contribution in [2.45, 2.75) is 20.0 Å². The number of aromatic nitrogens is 2. The van der Waals surface area contributed by atoms with E-state index in [1.54, 1.807) is 15.6 Å². The van der Waals surface area contributed by atoms with Crippen LogP contribution in [0.3, 0.4) is 0 Å². The molecule has 4 rings (SSSR count). The lowest BCUT2D eigenvalue weighted by atomic mass is 10.0. The van der Waals surface area contributed by atoms with Crippen LogP contribution < -0.4 is 0 Å². The molecule has 1 aliphatic heterocycles. The molecule has 2 heterocycles. The lowest BCUT2D eigenvalue weighted by Crippen LogP contribution is -2.23. The van der Waals surface area contributed by atoms with Gasteiger partial charge in [-0.05, 0) is 30.2 Å². The van der Waals surface area contributed by atoms with Gasteiger partial charge in [-0.2, -0.15) is 5.10 Å². The smallest absolute Gasteiger partial charge is 0.254 e. The van der Waals surface area contributed by atoms with Crippen LogP contribution >= 0.6 is 0 Å². The van der Waals surface area contributed by atoms with E-state index in [4.69, 9.17) is 0 Å². The highest BCUT2D eigenvalue weighted by molar-refractivity contribution is 5.98. The zero-order valence-electron chi connectivity index (χ0n) is 14.2. The average Bonchev–Trinajstić information content (AvgIpc) is 3.09. The van der Waals surface area contributed by atoms with Gasteiger partial charge in [0.15, 0.2) is 0 Å². The Hall–Kier alpha value is -2.95. The minimum Gasteiger partial charge on any atom is -0.330 e. The van der Waals surface area contributed by atoms with E-state index >= 15 is 0 Å². The van der Waals surface area contributed by atoms with E-state index in [-0.39, 0.29) is 18.3 Å². The molecular weight excluding hydrogens is 317 g/mol. The first kappa shape index (κ1) is 15.6. The molecule has 0 aliphatic carbocycles. The van der Waals surface area contributed by atoms with Gasteiger partial charge in [-0.1, -0.05) is 30.3 Å². The summed E-state index contributed by atoms with van der Waals surface area (Å²) in [6.45, 7) is 2.70. The van der Waals surface area contributed by atoms with E-state index in [1.165, 1.54) is 6.07 Å². The SMILES string of the molecule is Cc1nn(C)cc1-c1ccc(CN2Cc3ccccc3C2=O)c(F)c1. The number of rotatable bonds is 3. The summed E-state index contributed by atoms with van der Waals surface area (Å²) in [5, 5.41) is 4.30. The van der Waals surface area contributed by atoms with Crippen LogP contribution in [-0.2, 0) is 20.1 Å². The average molecular weight is 335 g/mol. The number of carbonyl (C=O) groups is 1. The van der Waals surface area contributed by atoms with Gasteiger partial charge in [0.1, 0.15) is 5.82 Å². The van der Waals surface area contributed by atoms with Crippen molar-refractivity contribution in [1.29, 1.82) is 0 Å². The number of amides is 1. The van der Waals surface area contributed by atoms with Crippen molar-refractivity contribution in [3.63, 3.8) is 0 Å². The molecule has 1 amide bonds. The van der Waals surface area contributed by atoms with Crippen molar-refractivity contribution in [1.82, 2.24) is 14.7 Å². The summed E-state index contributed by atoms with van der Waals surface area (Å²) < 4.78 is 16.3. The summed E-state index contributed by atoms with van der Waals surface area (Å²) >= 11 is 0. The largest absolute Gasteiger partial charge is 0.330 e. The van der Waals surface area contributed by atoms with E-state index in [0.29, 0.717) is 17.7 Å². The van der Waals surface area contributed by atoms with E-state index < -0.39 is 0 Å². The van der Waals surface area contributed by atoms with Crippen LogP contribution in [-0.4, -0.2) is 20.6 Å². The fourth-order valence-corrected chi connectivity index (χ4v) is 3.37. The molecule has 4 nitrogen and oxygen atoms in total. The maximum Gasteiger partial charge on any atom is 0.254 e. The fraction of sp³-hybridized carbons (Fsp3) is 0.200. The second kappa shape index (κ2) is 5.84. The van der Waals surface area contributed by atoms with Crippen molar-refractivity contribution >= 4 is 5.91 Å². The molecule has 3 aromatic rings. The normalized spacial score (nSPS) is 13.4. The highest BCUT2D eigenvalue weighted by Crippen LogP contribution is 2.27. The van der Waals surface area contributed by atoms with E-state index in [9.17, 15) is 9.18 Å². The van der Waals surface area contributed by atoms with Crippen molar-refractivity contribution < 1.29 is 9.18 Å². The first-order valence-corrected chi connectivity index (χ1v) is 8.19. The predicted molar refractivity (Wildman–Crippen MR) is 93.4 cm³/mol. The van der Waals surface area contributed by atoms with Crippen molar-refractivity contribution in [2.24, 2.45) is 7.05 Å². The summed E-state index contributed by atoms with van der Waals surface area (Å²) in [4.78, 5) is 14.1. The Morgan fingerprint density at radius 3 is 2.64 bits per heavy atom. The topological polar surface area (TPSA) is 38.1 Å². The minimum atomic E-state index is -0.301. The van der Waals surface area contributed by atoms with Crippen LogP contribution in [0.4, 0.5) is 4.39 Å². The van der Waals surface area contributed by atoms with Gasteiger partial charge in [0, 0.05) is 43.0 Å². The zero-order chi connectivity index (χ0) is 17.6. The number of nitrogens with zero attached hydrogens (tertiary/aromatic N) is 3. The van der Waals surface area contributed by atoms with E-state index in [1.807, 2.05) is 50.5 Å². The number of benzene rings is 2. The molecular formula is C20H18FN3O. The Morgan fingerprint density at radius 1 is 1.16 bits per heavy atom. The zero-order valence-corrected chi connectivity index (χ0v) is 14.2. The summed E-state index contributed by atoms with van der Waals surface area (Å²) in [6, 6.07) is 12.7. The highest BCUT2D eigenvalue weighted by atomic mass is 19.1. The second-order valence-electron chi connectivity index (χ2n) is 6.43. The molecule has 0 fully saturated rings. The molecule has 126 valence electrons. The Labute approximate surface area is 145 Å². The number of aryl methyl sites for hydroxylation is 2. The van der Waals surface area contributed by atoms with E-state index in [0.717, 1.165) is 22.4 Å². The van der Waals surface area contributed by atoms with Gasteiger partial charge >= 0.3 is 0 Å². The lowest BCUT2D eigenvalue weighted by molar-refractivity contribution is 0.0765. The summed E-state index contributed by atoms with van der Waals surface area (Å²) in [5.74, 6) is -0.341. The minimum absolute atomic E-state index is 0.0396. The van der Waals surface area contributed by atoms with Crippen LogP contribution in [0.5, 0.6) is 0 Å². The molecule has 0 unspecified atom stereocenters. The maximum atomic E-state index is 14.6. The predicted octanol–water partition coefficient (Wildman–Crippen LogP) is 3.69. The Kier molecular flexibility index (Phi) is 3.64. The molecule has 0 N–H and O–H groups in total. The standard InChI is InChI=1S/C20H18FN3O/c1-13-18(12-23(2)22-13)14-7-8-16(19(21)9-14)11-24-10-15-5-3-4-6-17(15)20(24)25/h3-9,12H,10-11H2,1-2H3. The molecule has 1 aliphatic rings. The molecule has 5 heteroatoms. The molecule has 0 spiro atoms. The Morgan fingerprint density at radius 2 is 1.96 bits per heavy atom. The van der Waals surface area contributed by atoms with Gasteiger partial charge in [-0.25, -0.2) is 4.39 Å². The van der Waals surface area contributed by atoms with Gasteiger partial charge in [0.25, 0.3) is 5.91 Å². The van der Waals surface area contributed by atoms with Gasteiger partial charge < -0.3 is 4.90 Å². The molecule has 25 heavy (non-hydrogen) atoms. The molecule has 0 radical (unpaired) electrons. The Bertz CT molecular complexity index is 977. The Balaban J connectivity index is 1.59. The fourth-order valence-electron chi connectivity index (χ4n) is 3.37. The molecule has 0 saturated heterocycles. The monoisotopic (exact) mass is 335 g/mol. The van der Waals surface area contributed by atoms with E-state index in [2.05, 4.69) is 5.10 Å². The number of hydrogen-bond acceptors (Lipinski definition) is 2. The van der Waals surface area contributed by atoms with Gasteiger partial charge in [0.2, 0.25) is 0 Å². The second-order valence-corrected chi connectivity index (χ2v) is 6.43. The van der Waals surface area contributed by atoms with Gasteiger partial charge in [0.05, 0.1) is 5.69 Å². The molecule has 0 atom stereocenters. The van der Waals surface area contributed by atoms with Gasteiger partial charge in [-0.15, -0.1) is 0 Å². The van der Waals surface area contributed by atoms with Crippen molar-refractivity contribution in [3.05, 3.63) is 76.9 Å². The van der Waals surface area contributed by atoms with Gasteiger partial charge in [-0.3, -0.25) is 9.48 Å². The molecule has 0 bridgehead atoms. The van der Waals surface area contributed by atoms with Crippen LogP contribution in [0.1, 0.15) is 27.2 Å². The molecule has 2 aromatic carbocycles. The third kappa shape index (κ3) is 2.71. The molecule has 0 saturated carbocycles. The summed E-state index contributed by atoms with van der Waals surface area (Å²) in [6.07, 6.45) is 1.88. The van der Waals surface area contributed by atoms with Crippen LogP contribution in [0.2, 0.25) is 0 Å². The van der Waals surface area contributed by atoms with Crippen molar-refractivity contribution in [2.75, 3.05) is 0 Å². The highest BCUT2D eigenvalue weighted by Gasteiger charge is 2.27. The van der Waals surface area contributed by atoms with Crippen molar-refractivity contribution in [3.8, 4) is 11.1 Å². The number of carbonyl (C=O) groups excluding carboxylic acids is 1. The van der Waals surface area contributed by atoms with Crippen LogP contribution in [0, 0.1) is 12.7 Å². The maximum absolute atomic E-state index is 14.6. The molecule has 1 aromatic heterocycles. The number of halogens is 1. The first-order valence-electron chi connectivity index (χ1n) is 8.19. The lowest BCUT2D eigenvalue weighted by Gasteiger charge is -2.16. The third-order valence-electron chi connectivity index (χ3n) is 4.63. The van der Waals surface area contributed by atoms with Crippen LogP contribution in [0.15, 0.2) is 48.7 Å².